The molecule has 0 saturated carbocycles. The fraction of sp³-hybridized carbons (Fsp3) is 0.625. The Balaban J connectivity index is 0.00000243. The maximum atomic E-state index is 13.1. The highest BCUT2D eigenvalue weighted by molar-refractivity contribution is 7.92. The van der Waals surface area contributed by atoms with E-state index in [1.807, 2.05) is 6.92 Å². The second kappa shape index (κ2) is 7.73. The first-order chi connectivity index (χ1) is 11.7. The van der Waals surface area contributed by atoms with Crippen molar-refractivity contribution < 1.29 is 16.8 Å². The van der Waals surface area contributed by atoms with E-state index < -0.39 is 20.0 Å². The van der Waals surface area contributed by atoms with Gasteiger partial charge in [-0.2, -0.15) is 8.61 Å². The van der Waals surface area contributed by atoms with Gasteiger partial charge in [0.25, 0.3) is 0 Å². The van der Waals surface area contributed by atoms with Crippen molar-refractivity contribution in [1.82, 2.24) is 8.61 Å². The second-order valence-electron chi connectivity index (χ2n) is 7.16. The minimum atomic E-state index is -3.89. The summed E-state index contributed by atoms with van der Waals surface area (Å²) in [5.41, 5.74) is 5.50. The van der Waals surface area contributed by atoms with E-state index in [2.05, 4.69) is 0 Å². The highest BCUT2D eigenvalue weighted by Gasteiger charge is 2.41. The van der Waals surface area contributed by atoms with Crippen LogP contribution in [0.5, 0.6) is 0 Å². The minimum absolute atomic E-state index is 0. The second-order valence-corrected chi connectivity index (χ2v) is 11.0. The molecule has 0 aromatic heterocycles. The van der Waals surface area contributed by atoms with Crippen molar-refractivity contribution in [2.45, 2.75) is 36.0 Å². The molecule has 148 valence electrons. The van der Waals surface area contributed by atoms with Gasteiger partial charge in [0.2, 0.25) is 20.0 Å². The van der Waals surface area contributed by atoms with Gasteiger partial charge >= 0.3 is 0 Å². The first-order valence-electron chi connectivity index (χ1n) is 8.50. The van der Waals surface area contributed by atoms with Gasteiger partial charge in [-0.25, -0.2) is 16.8 Å². The van der Waals surface area contributed by atoms with Gasteiger partial charge in [0, 0.05) is 26.2 Å². The van der Waals surface area contributed by atoms with Crippen LogP contribution < -0.4 is 5.73 Å². The lowest BCUT2D eigenvalue weighted by Crippen LogP contribution is -2.36. The molecule has 0 radical (unpaired) electrons. The van der Waals surface area contributed by atoms with E-state index in [4.69, 9.17) is 5.73 Å². The van der Waals surface area contributed by atoms with Crippen molar-refractivity contribution in [3.8, 4) is 0 Å². The SMILES string of the molecule is CC1(CN)CCN(S(=O)(=O)c2ccccc2S(=O)(=O)N2CCCC2)C1.Cl. The predicted octanol–water partition coefficient (Wildman–Crippen LogP) is 1.25. The summed E-state index contributed by atoms with van der Waals surface area (Å²) >= 11 is 0. The molecule has 1 aromatic rings. The van der Waals surface area contributed by atoms with Crippen LogP contribution in [-0.2, 0) is 20.0 Å². The van der Waals surface area contributed by atoms with Crippen LogP contribution in [-0.4, -0.2) is 58.2 Å². The summed E-state index contributed by atoms with van der Waals surface area (Å²) in [4.78, 5) is -0.263. The summed E-state index contributed by atoms with van der Waals surface area (Å²) < 4.78 is 54.8. The largest absolute Gasteiger partial charge is 0.330 e. The average molecular weight is 424 g/mol. The zero-order valence-corrected chi connectivity index (χ0v) is 17.2. The number of nitrogens with two attached hydrogens (primary N) is 1. The third-order valence-electron chi connectivity index (χ3n) is 5.17. The monoisotopic (exact) mass is 423 g/mol. The number of benzene rings is 1. The number of rotatable bonds is 5. The molecule has 0 bridgehead atoms. The first kappa shape index (κ1) is 21.6. The van der Waals surface area contributed by atoms with Gasteiger partial charge in [0.05, 0.1) is 0 Å². The summed E-state index contributed by atoms with van der Waals surface area (Å²) in [5.74, 6) is 0. The van der Waals surface area contributed by atoms with Gasteiger partial charge in [-0.15, -0.1) is 12.4 Å². The van der Waals surface area contributed by atoms with Crippen LogP contribution in [0.25, 0.3) is 0 Å². The van der Waals surface area contributed by atoms with Crippen LogP contribution in [0.1, 0.15) is 26.2 Å². The van der Waals surface area contributed by atoms with E-state index in [0.29, 0.717) is 39.1 Å². The lowest BCUT2D eigenvalue weighted by atomic mass is 9.90. The molecule has 1 atom stereocenters. The van der Waals surface area contributed by atoms with E-state index in [0.717, 1.165) is 12.8 Å². The number of sulfonamides is 2. The Labute approximate surface area is 162 Å². The van der Waals surface area contributed by atoms with Crippen molar-refractivity contribution in [2.75, 3.05) is 32.7 Å². The van der Waals surface area contributed by atoms with E-state index in [1.54, 1.807) is 12.1 Å². The Bertz CT molecular complexity index is 854. The fourth-order valence-electron chi connectivity index (χ4n) is 3.43. The number of hydrogen-bond acceptors (Lipinski definition) is 5. The Morgan fingerprint density at radius 1 is 0.962 bits per heavy atom. The molecule has 0 spiro atoms. The molecule has 2 aliphatic heterocycles. The molecule has 7 nitrogen and oxygen atoms in total. The van der Waals surface area contributed by atoms with Gasteiger partial charge in [0.15, 0.2) is 0 Å². The summed E-state index contributed by atoms with van der Waals surface area (Å²) in [7, 11) is -7.70. The Hall–Kier alpha value is -0.710. The maximum Gasteiger partial charge on any atom is 0.244 e. The van der Waals surface area contributed by atoms with Crippen molar-refractivity contribution in [2.24, 2.45) is 11.1 Å². The molecule has 0 amide bonds. The van der Waals surface area contributed by atoms with E-state index in [9.17, 15) is 16.8 Å². The zero-order chi connectivity index (χ0) is 18.3. The van der Waals surface area contributed by atoms with Crippen LogP contribution in [0.2, 0.25) is 0 Å². The third-order valence-corrected chi connectivity index (χ3v) is 9.15. The molecule has 2 aliphatic rings. The van der Waals surface area contributed by atoms with E-state index >= 15 is 0 Å². The van der Waals surface area contributed by atoms with Crippen LogP contribution >= 0.6 is 12.4 Å². The standard InChI is InChI=1S/C16H25N3O4S2.ClH/c1-16(12-17)8-11-19(13-16)25(22,23)15-7-3-2-6-14(15)24(20,21)18-9-4-5-10-18;/h2-3,6-7H,4-5,8-13,17H2,1H3;1H. The van der Waals surface area contributed by atoms with Crippen molar-refractivity contribution in [3.63, 3.8) is 0 Å². The van der Waals surface area contributed by atoms with Crippen molar-refractivity contribution in [3.05, 3.63) is 24.3 Å². The molecule has 3 rings (SSSR count). The Kier molecular flexibility index (Phi) is 6.42. The van der Waals surface area contributed by atoms with Crippen molar-refractivity contribution >= 4 is 32.5 Å². The fourth-order valence-corrected chi connectivity index (χ4v) is 7.32. The first-order valence-corrected chi connectivity index (χ1v) is 11.4. The number of hydrogen-bond donors (Lipinski definition) is 1. The molecule has 1 unspecified atom stereocenters. The quantitative estimate of drug-likeness (QED) is 0.768. The molecule has 2 saturated heterocycles. The summed E-state index contributed by atoms with van der Waals surface area (Å²) in [5, 5.41) is 0. The number of halogens is 1. The normalized spacial score (nSPS) is 25.3. The molecule has 2 fully saturated rings. The highest BCUT2D eigenvalue weighted by atomic mass is 35.5. The lowest BCUT2D eigenvalue weighted by Gasteiger charge is -2.24. The lowest BCUT2D eigenvalue weighted by molar-refractivity contribution is 0.349. The smallest absolute Gasteiger partial charge is 0.244 e. The topological polar surface area (TPSA) is 101 Å². The van der Waals surface area contributed by atoms with Crippen LogP contribution in [0.3, 0.4) is 0 Å². The summed E-state index contributed by atoms with van der Waals surface area (Å²) in [6.45, 7) is 3.89. The zero-order valence-electron chi connectivity index (χ0n) is 14.8. The molecular weight excluding hydrogens is 398 g/mol. The van der Waals surface area contributed by atoms with Gasteiger partial charge in [0.1, 0.15) is 9.79 Å². The van der Waals surface area contributed by atoms with E-state index in [1.165, 1.54) is 20.7 Å². The van der Waals surface area contributed by atoms with Gasteiger partial charge in [-0.1, -0.05) is 19.1 Å². The molecule has 10 heteroatoms. The summed E-state index contributed by atoms with van der Waals surface area (Å²) in [6, 6.07) is 5.90. The predicted molar refractivity (Wildman–Crippen MR) is 102 cm³/mol. The average Bonchev–Trinajstić information content (AvgIpc) is 3.26. The van der Waals surface area contributed by atoms with Crippen LogP contribution in [0.15, 0.2) is 34.1 Å². The molecule has 2 N–H and O–H groups in total. The van der Waals surface area contributed by atoms with Gasteiger partial charge in [-0.05, 0) is 43.4 Å². The van der Waals surface area contributed by atoms with Gasteiger partial charge < -0.3 is 5.73 Å². The van der Waals surface area contributed by atoms with Crippen molar-refractivity contribution in [1.29, 1.82) is 0 Å². The molecule has 0 aliphatic carbocycles. The highest BCUT2D eigenvalue weighted by Crippen LogP contribution is 2.35. The van der Waals surface area contributed by atoms with Crippen LogP contribution in [0.4, 0.5) is 0 Å². The molecular formula is C16H26ClN3O4S2. The molecule has 2 heterocycles. The maximum absolute atomic E-state index is 13.1. The Morgan fingerprint density at radius 2 is 1.46 bits per heavy atom. The number of nitrogens with zero attached hydrogens (tertiary/aromatic N) is 2. The Morgan fingerprint density at radius 3 is 1.92 bits per heavy atom. The minimum Gasteiger partial charge on any atom is -0.330 e. The molecule has 26 heavy (non-hydrogen) atoms. The van der Waals surface area contributed by atoms with E-state index in [-0.39, 0.29) is 27.6 Å². The van der Waals surface area contributed by atoms with Gasteiger partial charge in [-0.3, -0.25) is 0 Å². The van der Waals surface area contributed by atoms with Crippen LogP contribution in [0, 0.1) is 5.41 Å². The third kappa shape index (κ3) is 3.79. The summed E-state index contributed by atoms with van der Waals surface area (Å²) in [6.07, 6.45) is 2.27. The molecule has 1 aromatic carbocycles.